The molecule has 0 heterocycles. The number of hydrogen-bond donors (Lipinski definition) is 0. The zero-order valence-electron chi connectivity index (χ0n) is 62.5. The molecule has 0 saturated heterocycles. The first kappa shape index (κ1) is 65.7. The lowest BCUT2D eigenvalue weighted by Gasteiger charge is -2.33. The Hall–Kier alpha value is -14.4. The lowest BCUT2D eigenvalue weighted by Crippen LogP contribution is -2.26. The van der Waals surface area contributed by atoms with Crippen LogP contribution in [0.4, 0.5) is 51.2 Å². The smallest absolute Gasteiger partial charge is 0.0727 e. The summed E-state index contributed by atoms with van der Waals surface area (Å²) >= 11 is 0. The van der Waals surface area contributed by atoms with E-state index in [0.717, 1.165) is 79.5 Å². The summed E-state index contributed by atoms with van der Waals surface area (Å²) in [5.74, 6) is 0. The number of rotatable bonds is 14. The largest absolute Gasteiger partial charge is 0.310 e. The van der Waals surface area contributed by atoms with E-state index in [4.69, 9.17) is 0 Å². The van der Waals surface area contributed by atoms with Crippen LogP contribution in [0.3, 0.4) is 0 Å². The van der Waals surface area contributed by atoms with Gasteiger partial charge < -0.3 is 14.7 Å². The van der Waals surface area contributed by atoms with Crippen LogP contribution in [0.1, 0.15) is 66.8 Å². The zero-order valence-corrected chi connectivity index (χ0v) is 62.5. The van der Waals surface area contributed by atoms with Gasteiger partial charge in [-0.2, -0.15) is 0 Å². The highest BCUT2D eigenvalue weighted by molar-refractivity contribution is 6.04. The maximum Gasteiger partial charge on any atom is 0.0727 e. The number of allylic oxidation sites excluding steroid dienone is 1. The van der Waals surface area contributed by atoms with E-state index in [2.05, 4.69) is 446 Å². The maximum absolute atomic E-state index is 2.55. The molecule has 0 amide bonds. The molecule has 0 fully saturated rings. The highest BCUT2D eigenvalue weighted by Crippen LogP contribution is 2.66. The van der Waals surface area contributed by atoms with E-state index in [1.54, 1.807) is 0 Å². The monoisotopic (exact) mass is 1440 g/mol. The van der Waals surface area contributed by atoms with Gasteiger partial charge in [0, 0.05) is 50.9 Å². The third-order valence-corrected chi connectivity index (χ3v) is 24.5. The van der Waals surface area contributed by atoms with Crippen LogP contribution in [-0.2, 0) is 17.3 Å². The molecule has 0 bridgehead atoms. The molecule has 0 N–H and O–H groups in total. The minimum atomic E-state index is -0.622. The van der Waals surface area contributed by atoms with Crippen LogP contribution in [0, 0.1) is 6.92 Å². The standard InChI is InChI=1S/C110H75N3/c1-73-28-24-42-85(64-73)111(82-36-8-3-9-37-82)87-56-61-98-99-62-57-88(71-106(99)110(105(98)70-87)102-51-22-18-47-94(102)95-48-19-23-52-103(95)110)112(83-38-10-4-11-39-83)86-43-26-33-77(69-86)78-55-60-91-80(67-78)35-27-53-108(91)113(84-40-12-5-13-41-84)89-58-63-97-96-59-54-74(65-81(75-29-6-2-7-30-75)68-79-34-25-32-76-31-14-15-44-90(76)79)66-104(96)109(107(97)72-89)100-49-20-16-45-92(100)93-46-17-21-50-101(93)109/h2-64,66-72H,65H2,1H3/b81-68-. The molecule has 4 aliphatic rings. The van der Waals surface area contributed by atoms with Crippen molar-refractivity contribution in [3.8, 4) is 55.6 Å². The van der Waals surface area contributed by atoms with E-state index >= 15 is 0 Å². The minimum absolute atomic E-state index is 0.599. The fourth-order valence-corrected chi connectivity index (χ4v) is 19.8. The van der Waals surface area contributed by atoms with E-state index in [1.165, 1.54) is 128 Å². The Bertz CT molecular complexity index is 6780. The highest BCUT2D eigenvalue weighted by Gasteiger charge is 2.54. The van der Waals surface area contributed by atoms with Crippen molar-refractivity contribution in [1.82, 2.24) is 0 Å². The second-order valence-electron chi connectivity index (χ2n) is 30.6. The quantitative estimate of drug-likeness (QED) is 0.100. The summed E-state index contributed by atoms with van der Waals surface area (Å²) < 4.78 is 0. The number of hydrogen-bond acceptors (Lipinski definition) is 3. The maximum atomic E-state index is 2.55. The summed E-state index contributed by atoms with van der Waals surface area (Å²) in [4.78, 5) is 7.37. The molecule has 0 aliphatic heterocycles. The van der Waals surface area contributed by atoms with Crippen molar-refractivity contribution in [3.05, 3.63) is 485 Å². The van der Waals surface area contributed by atoms with Crippen LogP contribution in [0.15, 0.2) is 419 Å². The first-order valence-electron chi connectivity index (χ1n) is 39.4. The summed E-state index contributed by atoms with van der Waals surface area (Å²) in [6.45, 7) is 2.18. The summed E-state index contributed by atoms with van der Waals surface area (Å²) in [6.07, 6.45) is 3.18. The third kappa shape index (κ3) is 10.4. The van der Waals surface area contributed by atoms with Crippen molar-refractivity contribution in [1.29, 1.82) is 0 Å². The Kier molecular flexibility index (Phi) is 15.4. The van der Waals surface area contributed by atoms with Crippen molar-refractivity contribution in [2.45, 2.75) is 24.2 Å². The molecule has 3 nitrogen and oxygen atoms in total. The first-order valence-corrected chi connectivity index (χ1v) is 39.4. The Morgan fingerprint density at radius 1 is 0.248 bits per heavy atom. The fourth-order valence-electron chi connectivity index (χ4n) is 19.8. The molecule has 18 aromatic carbocycles. The van der Waals surface area contributed by atoms with Crippen molar-refractivity contribution in [2.24, 2.45) is 0 Å². The number of para-hydroxylation sites is 3. The molecule has 4 aliphatic carbocycles. The van der Waals surface area contributed by atoms with Gasteiger partial charge in [0.2, 0.25) is 0 Å². The predicted molar refractivity (Wildman–Crippen MR) is 473 cm³/mol. The van der Waals surface area contributed by atoms with Gasteiger partial charge in [-0.3, -0.25) is 0 Å². The van der Waals surface area contributed by atoms with Gasteiger partial charge in [-0.05, 0) is 267 Å². The number of benzene rings is 18. The van der Waals surface area contributed by atoms with Gasteiger partial charge in [-0.1, -0.05) is 315 Å². The summed E-state index contributed by atoms with van der Waals surface area (Å²) in [5, 5.41) is 4.81. The fraction of sp³-hybridized carbons (Fsp3) is 0.0364. The van der Waals surface area contributed by atoms with Gasteiger partial charge in [0.15, 0.2) is 0 Å². The third-order valence-electron chi connectivity index (χ3n) is 24.5. The molecule has 530 valence electrons. The Morgan fingerprint density at radius 2 is 0.637 bits per heavy atom. The minimum Gasteiger partial charge on any atom is -0.310 e. The Morgan fingerprint density at radius 3 is 1.19 bits per heavy atom. The molecule has 3 heteroatoms. The molecular formula is C110H75N3. The number of aryl methyl sites for hydroxylation is 1. The van der Waals surface area contributed by atoms with Crippen molar-refractivity contribution in [3.63, 3.8) is 0 Å². The highest BCUT2D eigenvalue weighted by atomic mass is 15.2. The summed E-state index contributed by atoms with van der Waals surface area (Å²) in [6, 6.07) is 157. The van der Waals surface area contributed by atoms with Crippen LogP contribution in [0.25, 0.3) is 88.8 Å². The topological polar surface area (TPSA) is 9.72 Å². The number of nitrogens with zero attached hydrogens (tertiary/aromatic N) is 3. The van der Waals surface area contributed by atoms with Gasteiger partial charge >= 0.3 is 0 Å². The van der Waals surface area contributed by atoms with Crippen LogP contribution >= 0.6 is 0 Å². The van der Waals surface area contributed by atoms with E-state index in [1.807, 2.05) is 0 Å². The molecule has 18 aromatic rings. The lowest BCUT2D eigenvalue weighted by molar-refractivity contribution is 0.792. The average molecular weight is 1440 g/mol. The van der Waals surface area contributed by atoms with Gasteiger partial charge in [0.25, 0.3) is 0 Å². The van der Waals surface area contributed by atoms with Crippen molar-refractivity contribution < 1.29 is 0 Å². The summed E-state index contributed by atoms with van der Waals surface area (Å²) in [7, 11) is 0. The van der Waals surface area contributed by atoms with Crippen LogP contribution < -0.4 is 14.7 Å². The SMILES string of the molecule is Cc1cccc(N(c2ccccc2)c2ccc3c(c2)C2(c4ccccc4-c4ccccc42)c2cc(N(c4ccccc4)c4cccc(-c5ccc6c(N(c7ccccc7)c7ccc8c(c7)C7(c9ccccc9-c9ccccc97)c7cc(C/C(=C/c9cccc%10ccccc9%10)c9ccccc9)ccc7-8)cccc6c5)c4)ccc2-3)c1. The molecule has 0 atom stereocenters. The van der Waals surface area contributed by atoms with E-state index in [9.17, 15) is 0 Å². The normalized spacial score (nSPS) is 13.2. The van der Waals surface area contributed by atoms with E-state index in [0.29, 0.717) is 0 Å². The zero-order chi connectivity index (χ0) is 74.7. The van der Waals surface area contributed by atoms with Gasteiger partial charge in [-0.15, -0.1) is 0 Å². The molecule has 0 unspecified atom stereocenters. The molecule has 0 radical (unpaired) electrons. The van der Waals surface area contributed by atoms with E-state index < -0.39 is 10.8 Å². The second-order valence-corrected chi connectivity index (χ2v) is 30.6. The lowest BCUT2D eigenvalue weighted by atomic mass is 9.70. The van der Waals surface area contributed by atoms with Crippen molar-refractivity contribution in [2.75, 3.05) is 14.7 Å². The number of fused-ring (bicyclic) bond motifs is 22. The molecule has 22 rings (SSSR count). The van der Waals surface area contributed by atoms with Crippen LogP contribution in [-0.4, -0.2) is 0 Å². The summed E-state index contributed by atoms with van der Waals surface area (Å²) in [5.41, 5.74) is 37.7. The van der Waals surface area contributed by atoms with E-state index in [-0.39, 0.29) is 0 Å². The predicted octanol–water partition coefficient (Wildman–Crippen LogP) is 28.8. The molecular weight excluding hydrogens is 1360 g/mol. The average Bonchev–Trinajstić information content (AvgIpc) is 1.51. The van der Waals surface area contributed by atoms with Gasteiger partial charge in [-0.25, -0.2) is 0 Å². The van der Waals surface area contributed by atoms with Gasteiger partial charge in [0.05, 0.1) is 16.5 Å². The second kappa shape index (κ2) is 26.4. The van der Waals surface area contributed by atoms with Crippen molar-refractivity contribution >= 4 is 84.4 Å². The Balaban J connectivity index is 0.653. The van der Waals surface area contributed by atoms with Crippen LogP contribution in [0.2, 0.25) is 0 Å². The Labute approximate surface area is 659 Å². The first-order chi connectivity index (χ1) is 55.9. The molecule has 0 saturated carbocycles. The molecule has 0 aromatic heterocycles. The van der Waals surface area contributed by atoms with Gasteiger partial charge in [0.1, 0.15) is 0 Å². The molecule has 2 spiro atoms. The number of anilines is 9. The van der Waals surface area contributed by atoms with Crippen LogP contribution in [0.5, 0.6) is 0 Å². The molecule has 113 heavy (non-hydrogen) atoms.